The van der Waals surface area contributed by atoms with Crippen LogP contribution in [0.25, 0.3) is 0 Å². The number of benzene rings is 1. The molecule has 0 radical (unpaired) electrons. The molecule has 0 bridgehead atoms. The van der Waals surface area contributed by atoms with Crippen molar-refractivity contribution in [2.24, 2.45) is 0 Å². The van der Waals surface area contributed by atoms with E-state index in [1.807, 2.05) is 0 Å². The van der Waals surface area contributed by atoms with Gasteiger partial charge in [-0.3, -0.25) is 14.5 Å². The Morgan fingerprint density at radius 1 is 1.06 bits per heavy atom. The van der Waals surface area contributed by atoms with Crippen molar-refractivity contribution in [3.8, 4) is 0 Å². The predicted octanol–water partition coefficient (Wildman–Crippen LogP) is 1.20. The van der Waals surface area contributed by atoms with E-state index >= 15 is 0 Å². The average molecular weight is 231 g/mol. The van der Waals surface area contributed by atoms with E-state index in [4.69, 9.17) is 0 Å². The SMILES string of the molecule is O=C1c2ccccc2C(=O)N1[C@H]1CCC[C@H]1O. The molecule has 1 aromatic rings. The minimum absolute atomic E-state index is 0.267. The second-order valence-corrected chi connectivity index (χ2v) is 4.59. The third-order valence-corrected chi connectivity index (χ3v) is 3.60. The fourth-order valence-electron chi connectivity index (χ4n) is 2.73. The van der Waals surface area contributed by atoms with Crippen LogP contribution >= 0.6 is 0 Å². The Balaban J connectivity index is 2.00. The summed E-state index contributed by atoms with van der Waals surface area (Å²) in [6, 6.07) is 6.48. The molecule has 1 N–H and O–H groups in total. The highest BCUT2D eigenvalue weighted by atomic mass is 16.3. The average Bonchev–Trinajstić information content (AvgIpc) is 2.84. The number of imide groups is 1. The van der Waals surface area contributed by atoms with Crippen LogP contribution in [0.15, 0.2) is 24.3 Å². The molecule has 4 nitrogen and oxygen atoms in total. The van der Waals surface area contributed by atoms with Crippen molar-refractivity contribution < 1.29 is 14.7 Å². The predicted molar refractivity (Wildman–Crippen MR) is 60.6 cm³/mol. The van der Waals surface area contributed by atoms with E-state index in [2.05, 4.69) is 0 Å². The summed E-state index contributed by atoms with van der Waals surface area (Å²) < 4.78 is 0. The molecule has 2 amide bonds. The van der Waals surface area contributed by atoms with Crippen LogP contribution in [0.5, 0.6) is 0 Å². The molecule has 1 fully saturated rings. The number of nitrogens with zero attached hydrogens (tertiary/aromatic N) is 1. The van der Waals surface area contributed by atoms with Crippen molar-refractivity contribution in [1.82, 2.24) is 4.90 Å². The second-order valence-electron chi connectivity index (χ2n) is 4.59. The molecule has 2 aliphatic rings. The van der Waals surface area contributed by atoms with Gasteiger partial charge in [0.2, 0.25) is 0 Å². The molecule has 4 heteroatoms. The topological polar surface area (TPSA) is 57.6 Å². The standard InChI is InChI=1S/C13H13NO3/c15-11-7-3-6-10(11)14-12(16)8-4-1-2-5-9(8)13(14)17/h1-2,4-5,10-11,15H,3,6-7H2/t10-,11+/m0/s1. The fraction of sp³-hybridized carbons (Fsp3) is 0.385. The van der Waals surface area contributed by atoms with Gasteiger partial charge in [-0.1, -0.05) is 12.1 Å². The van der Waals surface area contributed by atoms with Crippen molar-refractivity contribution in [2.75, 3.05) is 0 Å². The zero-order valence-electron chi connectivity index (χ0n) is 9.30. The van der Waals surface area contributed by atoms with Gasteiger partial charge in [-0.2, -0.15) is 0 Å². The highest BCUT2D eigenvalue weighted by molar-refractivity contribution is 6.21. The Labute approximate surface area is 98.9 Å². The van der Waals surface area contributed by atoms with Crippen molar-refractivity contribution in [3.63, 3.8) is 0 Å². The van der Waals surface area contributed by atoms with Crippen LogP contribution in [-0.2, 0) is 0 Å². The summed E-state index contributed by atoms with van der Waals surface area (Å²) in [4.78, 5) is 25.5. The molecule has 0 spiro atoms. The molecular weight excluding hydrogens is 218 g/mol. The Kier molecular flexibility index (Phi) is 2.26. The minimum atomic E-state index is -0.572. The number of fused-ring (bicyclic) bond motifs is 1. The summed E-state index contributed by atoms with van der Waals surface area (Å²) in [5.41, 5.74) is 0.910. The summed E-state index contributed by atoms with van der Waals surface area (Å²) in [5.74, 6) is -0.534. The van der Waals surface area contributed by atoms with E-state index in [0.29, 0.717) is 24.0 Å². The zero-order valence-corrected chi connectivity index (χ0v) is 9.30. The number of carbonyl (C=O) groups is 2. The Hall–Kier alpha value is -1.68. The molecule has 3 rings (SSSR count). The molecule has 17 heavy (non-hydrogen) atoms. The molecule has 1 aliphatic heterocycles. The molecule has 1 aromatic carbocycles. The quantitative estimate of drug-likeness (QED) is 0.739. The molecular formula is C13H13NO3. The van der Waals surface area contributed by atoms with E-state index in [-0.39, 0.29) is 17.9 Å². The van der Waals surface area contributed by atoms with Gasteiger partial charge >= 0.3 is 0 Å². The third kappa shape index (κ3) is 1.41. The van der Waals surface area contributed by atoms with Gasteiger partial charge in [-0.15, -0.1) is 0 Å². The second kappa shape index (κ2) is 3.67. The molecule has 0 aromatic heterocycles. The Bertz CT molecular complexity index is 462. The van der Waals surface area contributed by atoms with E-state index in [9.17, 15) is 14.7 Å². The maximum absolute atomic E-state index is 12.1. The van der Waals surface area contributed by atoms with Crippen molar-refractivity contribution >= 4 is 11.8 Å². The number of amides is 2. The first-order valence-electron chi connectivity index (χ1n) is 5.85. The molecule has 1 aliphatic carbocycles. The van der Waals surface area contributed by atoms with Gasteiger partial charge in [-0.05, 0) is 31.4 Å². The number of aliphatic hydroxyl groups is 1. The monoisotopic (exact) mass is 231 g/mol. The molecule has 0 saturated heterocycles. The van der Waals surface area contributed by atoms with Crippen LogP contribution in [0.4, 0.5) is 0 Å². The minimum Gasteiger partial charge on any atom is -0.391 e. The van der Waals surface area contributed by atoms with E-state index in [0.717, 1.165) is 6.42 Å². The van der Waals surface area contributed by atoms with Crippen LogP contribution in [0, 0.1) is 0 Å². The van der Waals surface area contributed by atoms with Crippen LogP contribution in [0.1, 0.15) is 40.0 Å². The van der Waals surface area contributed by atoms with Gasteiger partial charge in [0.1, 0.15) is 0 Å². The van der Waals surface area contributed by atoms with Gasteiger partial charge in [0.15, 0.2) is 0 Å². The summed E-state index contributed by atoms with van der Waals surface area (Å²) in [5, 5.41) is 9.82. The number of rotatable bonds is 1. The number of hydrogen-bond donors (Lipinski definition) is 1. The van der Waals surface area contributed by atoms with E-state index < -0.39 is 6.10 Å². The Morgan fingerprint density at radius 2 is 1.65 bits per heavy atom. The first-order chi connectivity index (χ1) is 8.20. The summed E-state index contributed by atoms with van der Waals surface area (Å²) in [6.45, 7) is 0. The smallest absolute Gasteiger partial charge is 0.261 e. The molecule has 1 saturated carbocycles. The molecule has 2 atom stereocenters. The molecule has 88 valence electrons. The van der Waals surface area contributed by atoms with Crippen LogP contribution in [0.3, 0.4) is 0 Å². The van der Waals surface area contributed by atoms with Crippen LogP contribution in [0.2, 0.25) is 0 Å². The zero-order chi connectivity index (χ0) is 12.0. The fourth-order valence-corrected chi connectivity index (χ4v) is 2.73. The highest BCUT2D eigenvalue weighted by Gasteiger charge is 2.43. The summed E-state index contributed by atoms with van der Waals surface area (Å²) >= 11 is 0. The van der Waals surface area contributed by atoms with Crippen LogP contribution in [-0.4, -0.2) is 34.0 Å². The Morgan fingerprint density at radius 3 is 2.12 bits per heavy atom. The largest absolute Gasteiger partial charge is 0.391 e. The van der Waals surface area contributed by atoms with Gasteiger partial charge in [0.05, 0.1) is 23.3 Å². The first-order valence-corrected chi connectivity index (χ1v) is 5.85. The maximum atomic E-state index is 12.1. The van der Waals surface area contributed by atoms with Gasteiger partial charge in [0.25, 0.3) is 11.8 Å². The number of carbonyl (C=O) groups excluding carboxylic acids is 2. The van der Waals surface area contributed by atoms with Gasteiger partial charge in [-0.25, -0.2) is 0 Å². The first kappa shape index (κ1) is 10.5. The summed E-state index contributed by atoms with van der Waals surface area (Å²) in [7, 11) is 0. The lowest BCUT2D eigenvalue weighted by molar-refractivity contribution is 0.0416. The van der Waals surface area contributed by atoms with E-state index in [1.54, 1.807) is 24.3 Å². The van der Waals surface area contributed by atoms with Gasteiger partial charge in [0, 0.05) is 0 Å². The normalized spacial score (nSPS) is 27.7. The van der Waals surface area contributed by atoms with Crippen molar-refractivity contribution in [3.05, 3.63) is 35.4 Å². The lowest BCUT2D eigenvalue weighted by Crippen LogP contribution is -2.44. The van der Waals surface area contributed by atoms with Crippen molar-refractivity contribution in [1.29, 1.82) is 0 Å². The van der Waals surface area contributed by atoms with E-state index in [1.165, 1.54) is 4.90 Å². The highest BCUT2D eigenvalue weighted by Crippen LogP contribution is 2.31. The molecule has 1 heterocycles. The van der Waals surface area contributed by atoms with Crippen LogP contribution < -0.4 is 0 Å². The third-order valence-electron chi connectivity index (χ3n) is 3.60. The maximum Gasteiger partial charge on any atom is 0.261 e. The molecule has 0 unspecified atom stereocenters. The van der Waals surface area contributed by atoms with Gasteiger partial charge < -0.3 is 5.11 Å². The summed E-state index contributed by atoms with van der Waals surface area (Å²) in [6.07, 6.45) is 1.65. The van der Waals surface area contributed by atoms with Crippen molar-refractivity contribution in [2.45, 2.75) is 31.4 Å². The lowest BCUT2D eigenvalue weighted by atomic mass is 10.1. The number of aliphatic hydroxyl groups excluding tert-OH is 1. The lowest BCUT2D eigenvalue weighted by Gasteiger charge is -2.24. The number of hydrogen-bond acceptors (Lipinski definition) is 3.